The zero-order valence-electron chi connectivity index (χ0n) is 82.9. The molecule has 1 saturated carbocycles. The van der Waals surface area contributed by atoms with Crippen LogP contribution in [0, 0.1) is 17.8 Å². The van der Waals surface area contributed by atoms with Gasteiger partial charge in [-0.25, -0.2) is 9.59 Å². The number of nitrogens with one attached hydrogen (secondary N) is 12. The molecule has 1 aliphatic carbocycles. The van der Waals surface area contributed by atoms with Gasteiger partial charge in [0.05, 0.1) is 32.8 Å². The van der Waals surface area contributed by atoms with Crippen LogP contribution >= 0.6 is 0 Å². The number of aromatic hydroxyl groups is 1. The van der Waals surface area contributed by atoms with Gasteiger partial charge in [-0.15, -0.1) is 0 Å². The zero-order valence-corrected chi connectivity index (χ0v) is 82.9. The molecule has 2 fully saturated rings. The van der Waals surface area contributed by atoms with E-state index in [4.69, 9.17) is 41.9 Å². The van der Waals surface area contributed by atoms with Crippen LogP contribution in [0.2, 0.25) is 0 Å². The van der Waals surface area contributed by atoms with Crippen LogP contribution < -0.4 is 86.7 Å². The second-order valence-corrected chi connectivity index (χ2v) is 36.7. The molecular formula is C98H163N19O22. The molecule has 9 atom stereocenters. The summed E-state index contributed by atoms with van der Waals surface area (Å²) in [5.74, 6) is -12.0. The molecule has 0 bridgehead atoms. The molecule has 2 aromatic rings. The molecule has 139 heavy (non-hydrogen) atoms. The molecule has 2 aliphatic rings. The van der Waals surface area contributed by atoms with E-state index in [2.05, 4.69) is 80.7 Å². The number of guanidine groups is 2. The number of amides is 13. The van der Waals surface area contributed by atoms with Crippen LogP contribution in [0.25, 0.3) is 0 Å². The first-order chi connectivity index (χ1) is 66.6. The summed E-state index contributed by atoms with van der Waals surface area (Å²) in [5.41, 5.74) is 21.5. The Balaban J connectivity index is 1.22. The molecule has 13 amide bonds. The number of carboxylic acid groups (broad SMARTS) is 2. The van der Waals surface area contributed by atoms with Gasteiger partial charge in [-0.3, -0.25) is 72.3 Å². The highest BCUT2D eigenvalue weighted by molar-refractivity contribution is 6.00. The monoisotopic (exact) mass is 1960 g/mol. The summed E-state index contributed by atoms with van der Waals surface area (Å²) < 4.78 is 22.3. The van der Waals surface area contributed by atoms with Gasteiger partial charge in [0.25, 0.3) is 0 Å². The summed E-state index contributed by atoms with van der Waals surface area (Å²) in [6.07, 6.45) is 23.5. The molecule has 4 rings (SSSR count). The van der Waals surface area contributed by atoms with Crippen molar-refractivity contribution < 1.29 is 106 Å². The third-order valence-electron chi connectivity index (χ3n) is 24.3. The van der Waals surface area contributed by atoms with E-state index in [1.165, 1.54) is 120 Å². The molecular weight excluding hydrogens is 1800 g/mol. The lowest BCUT2D eigenvalue weighted by atomic mass is 9.81. The van der Waals surface area contributed by atoms with Gasteiger partial charge in [0.2, 0.25) is 76.8 Å². The number of likely N-dealkylation sites (tertiary alicyclic amines) is 1. The number of aliphatic carboxylic acids is 2. The number of rotatable bonds is 76. The Labute approximate surface area is 819 Å². The first-order valence-electron chi connectivity index (χ1n) is 50.1. The van der Waals surface area contributed by atoms with E-state index in [-0.39, 0.29) is 183 Å². The Bertz CT molecular complexity index is 4100. The van der Waals surface area contributed by atoms with Crippen LogP contribution in [0.3, 0.4) is 0 Å². The molecule has 782 valence electrons. The normalized spacial score (nSPS) is 16.1. The van der Waals surface area contributed by atoms with Gasteiger partial charge in [-0.2, -0.15) is 0 Å². The van der Waals surface area contributed by atoms with E-state index in [0.29, 0.717) is 82.2 Å². The average molecular weight is 1960 g/mol. The lowest BCUT2D eigenvalue weighted by molar-refractivity contribution is -0.144. The lowest BCUT2D eigenvalue weighted by Crippen LogP contribution is -2.65. The predicted octanol–water partition coefficient (Wildman–Crippen LogP) is 4.13. The smallest absolute Gasteiger partial charge is 0.326 e. The summed E-state index contributed by atoms with van der Waals surface area (Å²) >= 11 is 0. The Morgan fingerprint density at radius 3 is 1.57 bits per heavy atom. The van der Waals surface area contributed by atoms with Crippen molar-refractivity contribution in [2.45, 2.75) is 326 Å². The molecule has 0 aromatic heterocycles. The number of phenols is 1. The average Bonchev–Trinajstić information content (AvgIpc) is 1.47. The number of carboxylic acids is 2. The van der Waals surface area contributed by atoms with Crippen molar-refractivity contribution in [1.82, 2.24) is 68.7 Å². The number of hydrogen-bond acceptors (Lipinski definition) is 22. The first kappa shape index (κ1) is 120. The maximum absolute atomic E-state index is 15.2. The van der Waals surface area contributed by atoms with Gasteiger partial charge in [-0.1, -0.05) is 173 Å². The number of hydrogen-bond donors (Lipinski definition) is 19. The highest BCUT2D eigenvalue weighted by Gasteiger charge is 2.43. The van der Waals surface area contributed by atoms with E-state index < -0.39 is 145 Å². The van der Waals surface area contributed by atoms with Crippen molar-refractivity contribution in [3.8, 4) is 5.75 Å². The summed E-state index contributed by atoms with van der Waals surface area (Å²) in [7, 11) is 1.45. The molecule has 2 unspecified atom stereocenters. The predicted molar refractivity (Wildman–Crippen MR) is 525 cm³/mol. The largest absolute Gasteiger partial charge is 0.508 e. The van der Waals surface area contributed by atoms with Gasteiger partial charge in [-0.05, 0) is 145 Å². The second kappa shape index (κ2) is 70.3. The summed E-state index contributed by atoms with van der Waals surface area (Å²) in [4.78, 5) is 213. The maximum atomic E-state index is 15.2. The van der Waals surface area contributed by atoms with Crippen LogP contribution in [0.5, 0.6) is 5.75 Å². The number of benzene rings is 2. The van der Waals surface area contributed by atoms with Crippen LogP contribution in [-0.2, 0) is 104 Å². The van der Waals surface area contributed by atoms with E-state index in [1.54, 1.807) is 44.2 Å². The number of ether oxygens (including phenoxy) is 4. The third-order valence-corrected chi connectivity index (χ3v) is 24.3. The van der Waals surface area contributed by atoms with Gasteiger partial charge in [0.15, 0.2) is 11.9 Å². The minimum atomic E-state index is -1.89. The minimum absolute atomic E-state index is 0.0108. The Morgan fingerprint density at radius 1 is 0.475 bits per heavy atom. The number of carbonyl (C=O) groups is 15. The van der Waals surface area contributed by atoms with Crippen molar-refractivity contribution in [2.75, 3.05) is 99.2 Å². The number of nitrogens with two attached hydrogens (primary N) is 4. The molecule has 41 nitrogen and oxygen atoms in total. The van der Waals surface area contributed by atoms with Gasteiger partial charge in [0, 0.05) is 91.1 Å². The van der Waals surface area contributed by atoms with Crippen molar-refractivity contribution in [2.24, 2.45) is 50.7 Å². The fourth-order valence-electron chi connectivity index (χ4n) is 16.4. The molecule has 1 saturated heterocycles. The molecule has 1 aliphatic heterocycles. The van der Waals surface area contributed by atoms with E-state index >= 15 is 4.79 Å². The van der Waals surface area contributed by atoms with Crippen LogP contribution in [-0.4, -0.2) is 274 Å². The Kier molecular flexibility index (Phi) is 60.7. The molecule has 0 spiro atoms. The fourth-order valence-corrected chi connectivity index (χ4v) is 16.4. The quantitative estimate of drug-likeness (QED) is 0.0251. The van der Waals surface area contributed by atoms with E-state index in [0.717, 1.165) is 32.1 Å². The first-order valence-corrected chi connectivity index (χ1v) is 50.1. The summed E-state index contributed by atoms with van der Waals surface area (Å²) in [5, 5.41) is 62.7. The van der Waals surface area contributed by atoms with Crippen LogP contribution in [0.4, 0.5) is 0 Å². The van der Waals surface area contributed by atoms with Crippen molar-refractivity contribution >= 4 is 101 Å². The minimum Gasteiger partial charge on any atom is -0.508 e. The SMILES string of the molecule is CCCCCCCCCCCCCCCCCC(=O)NCC1CCC(C(=O)N[C@@H](CCC(=O)NCCCOCCOCCOCCCNC(=O)COCC(=O)N[C@@H](Cc2ccc(O)cc2)C(=O)NC(C)(Cc2ccccc2)C(=O)N[C@@H](CC(C)C)C(=O)NC(CCCC)C(=O)N[C@@H](CCCN=C(N)N)C(=O)N2CCC[C@H]2C(=O)N[C@@H](CCCNC(N)=NC)C(=O)N[C@@H](CC(N)=O)C(=O)O)C(=O)O)CC1. The van der Waals surface area contributed by atoms with Crippen LogP contribution in [0.1, 0.15) is 270 Å². The number of primary amides is 1. The highest BCUT2D eigenvalue weighted by atomic mass is 16.5. The van der Waals surface area contributed by atoms with E-state index in [9.17, 15) is 82.4 Å². The number of unbranched alkanes of at least 4 members (excludes halogenated alkanes) is 15. The van der Waals surface area contributed by atoms with E-state index in [1.807, 2.05) is 6.92 Å². The number of phenolic OH excluding ortho intramolecular Hbond substituents is 1. The Morgan fingerprint density at radius 2 is 0.993 bits per heavy atom. The third kappa shape index (κ3) is 52.5. The molecule has 2 aromatic carbocycles. The number of nitrogens with zero attached hydrogens (tertiary/aromatic N) is 3. The summed E-state index contributed by atoms with van der Waals surface area (Å²) in [6.45, 7) is 10.9. The molecule has 0 radical (unpaired) electrons. The topological polar surface area (TPSA) is 630 Å². The van der Waals surface area contributed by atoms with Crippen LogP contribution in [0.15, 0.2) is 64.6 Å². The molecule has 1 heterocycles. The fraction of sp³-hybridized carbons (Fsp3) is 0.704. The van der Waals surface area contributed by atoms with Gasteiger partial charge in [0.1, 0.15) is 72.8 Å². The molecule has 41 heteroatoms. The maximum Gasteiger partial charge on any atom is 0.326 e. The highest BCUT2D eigenvalue weighted by Crippen LogP contribution is 2.30. The standard InChI is InChI=1S/C98H163N19O22/c1-7-9-11-12-13-14-15-16-17-18-19-20-21-22-26-38-82(120)108-64-70-39-43-71(44-40-70)86(124)113-76(93(131)132)47-48-83(121)104-51-30-54-136-56-58-138-59-57-137-55-31-52-105-84(122)65-139-66-85(123)109-78(61-68-41-45-72(118)46-42-68)90(128)116-98(5,63-69-32-24-23-25-33-69)95(135)115-77(60-67(3)4)89(127)110-73(34-10-8-2)87(125)112-75(36-28-49-106-96(100)101)92(130)117-53-29-37-80(117)91(129)111-74(35-27-50-107-97(102)103-6)88(126)114-79(94(133)134)62-81(99)119/h23-25,32-33,41-42,45-46,67,70-71,73-80,118H,7-22,26-31,34-40,43-44,47-66H2,1-6H3,(H2,99,119)(H,104,121)(H,105,122)(H,108,120)(H,109,123)(H,110,127)(H,111,129)(H,112,125)(H,113,124)(H,114,126)(H,115,135)(H,116,128)(H,131,132)(H,133,134)(H4,100,101,106)(H3,102,103,107)/t70?,71?,73?,74-,75-,76-,77-,78-,79-,80-,98?/m0/s1. The van der Waals surface area contributed by atoms with Crippen molar-refractivity contribution in [1.29, 1.82) is 0 Å². The van der Waals surface area contributed by atoms with Crippen molar-refractivity contribution in [3.63, 3.8) is 0 Å². The lowest BCUT2D eigenvalue weighted by Gasteiger charge is -2.34. The molecule has 23 N–H and O–H groups in total. The second-order valence-electron chi connectivity index (χ2n) is 36.7. The number of aliphatic imine (C=N–C) groups is 2. The Hall–Kier alpha value is -11.3. The van der Waals surface area contributed by atoms with Gasteiger partial charge < -0.3 is 126 Å². The van der Waals surface area contributed by atoms with Gasteiger partial charge >= 0.3 is 11.9 Å². The number of carbonyl (C=O) groups excluding carboxylic acids is 13. The summed E-state index contributed by atoms with van der Waals surface area (Å²) in [6, 6.07) is 3.51. The zero-order chi connectivity index (χ0) is 102. The van der Waals surface area contributed by atoms with Crippen molar-refractivity contribution in [3.05, 3.63) is 65.7 Å².